The minimum Gasteiger partial charge on any atom is -0.481 e. The van der Waals surface area contributed by atoms with Gasteiger partial charge < -0.3 is 19.9 Å². The highest BCUT2D eigenvalue weighted by atomic mass is 16.4. The van der Waals surface area contributed by atoms with Gasteiger partial charge in [0.2, 0.25) is 0 Å². The molecule has 7 nitrogen and oxygen atoms in total. The summed E-state index contributed by atoms with van der Waals surface area (Å²) in [5, 5.41) is 8.71. The van der Waals surface area contributed by atoms with Crippen molar-refractivity contribution in [3.63, 3.8) is 0 Å². The Morgan fingerprint density at radius 1 is 1.65 bits per heavy atom. The maximum absolute atomic E-state index is 11.8. The van der Waals surface area contributed by atoms with Gasteiger partial charge in [0, 0.05) is 32.5 Å². The van der Waals surface area contributed by atoms with Crippen LogP contribution in [0.2, 0.25) is 0 Å². The van der Waals surface area contributed by atoms with Crippen LogP contribution in [0.25, 0.3) is 0 Å². The van der Waals surface area contributed by atoms with Crippen molar-refractivity contribution in [3.05, 3.63) is 18.2 Å². The fourth-order valence-corrected chi connectivity index (χ4v) is 1.71. The Kier molecular flexibility index (Phi) is 2.99. The zero-order valence-corrected chi connectivity index (χ0v) is 9.46. The van der Waals surface area contributed by atoms with E-state index in [9.17, 15) is 9.59 Å². The lowest BCUT2D eigenvalue weighted by Crippen LogP contribution is -2.56. The van der Waals surface area contributed by atoms with Crippen molar-refractivity contribution < 1.29 is 14.7 Å². The van der Waals surface area contributed by atoms with Crippen LogP contribution in [0.3, 0.4) is 0 Å². The predicted octanol–water partition coefficient (Wildman–Crippen LogP) is -0.0221. The molecule has 0 unspecified atom stereocenters. The number of aliphatic carboxylic acids is 1. The number of likely N-dealkylation sites (tertiary alicyclic amines) is 1. The molecule has 2 N–H and O–H groups in total. The Morgan fingerprint density at radius 2 is 2.35 bits per heavy atom. The van der Waals surface area contributed by atoms with Gasteiger partial charge in [-0.1, -0.05) is 0 Å². The molecule has 0 bridgehead atoms. The summed E-state index contributed by atoms with van der Waals surface area (Å²) in [4.78, 5) is 32.4. The fraction of sp³-hybridized carbons (Fsp3) is 0.500. The Morgan fingerprint density at radius 3 is 2.88 bits per heavy atom. The molecule has 0 spiro atoms. The molecule has 0 aromatic carbocycles. The smallest absolute Gasteiger partial charge is 0.320 e. The van der Waals surface area contributed by atoms with Crippen LogP contribution in [0.5, 0.6) is 0 Å². The first-order valence-electron chi connectivity index (χ1n) is 5.29. The molecular weight excluding hydrogens is 224 g/mol. The van der Waals surface area contributed by atoms with Gasteiger partial charge in [0.05, 0.1) is 12.5 Å². The summed E-state index contributed by atoms with van der Waals surface area (Å²) >= 11 is 0. The molecule has 0 radical (unpaired) electrons. The second kappa shape index (κ2) is 4.44. The average Bonchev–Trinajstić information content (AvgIpc) is 2.67. The Bertz CT molecular complexity index is 411. The Hall–Kier alpha value is -2.05. The largest absolute Gasteiger partial charge is 0.481 e. The van der Waals surface area contributed by atoms with Crippen molar-refractivity contribution in [2.45, 2.75) is 6.54 Å². The molecular formula is C10H14N4O3. The molecule has 2 rings (SSSR count). The Labute approximate surface area is 98.0 Å². The summed E-state index contributed by atoms with van der Waals surface area (Å²) in [6, 6.07) is -0.168. The number of nitrogens with zero attached hydrogens (tertiary/aromatic N) is 3. The van der Waals surface area contributed by atoms with E-state index in [-0.39, 0.29) is 19.1 Å². The number of carbonyl (C=O) groups excluding carboxylic acids is 1. The lowest BCUT2D eigenvalue weighted by atomic mass is 10.0. The SMILES string of the molecule is CN(Cc1ncc[nH]1)C(=O)N1CC(C(=O)O)C1. The Balaban J connectivity index is 1.83. The second-order valence-corrected chi connectivity index (χ2v) is 4.11. The van der Waals surface area contributed by atoms with E-state index < -0.39 is 11.9 Å². The number of carboxylic acid groups (broad SMARTS) is 1. The first-order valence-corrected chi connectivity index (χ1v) is 5.29. The van der Waals surface area contributed by atoms with Crippen molar-refractivity contribution >= 4 is 12.0 Å². The van der Waals surface area contributed by atoms with E-state index in [2.05, 4.69) is 9.97 Å². The summed E-state index contributed by atoms with van der Waals surface area (Å²) in [5.41, 5.74) is 0. The number of aromatic nitrogens is 2. The molecule has 7 heteroatoms. The topological polar surface area (TPSA) is 89.5 Å². The standard InChI is InChI=1S/C10H14N4O3/c1-13(6-8-11-2-3-12-8)10(17)14-4-7(5-14)9(15)16/h2-3,7H,4-6H2,1H3,(H,11,12)(H,15,16). The molecule has 17 heavy (non-hydrogen) atoms. The normalized spacial score (nSPS) is 15.5. The fourth-order valence-electron chi connectivity index (χ4n) is 1.71. The molecule has 0 aliphatic carbocycles. The number of hydrogen-bond acceptors (Lipinski definition) is 3. The van der Waals surface area contributed by atoms with Gasteiger partial charge >= 0.3 is 12.0 Å². The zero-order valence-electron chi connectivity index (χ0n) is 9.46. The minimum absolute atomic E-state index is 0.168. The minimum atomic E-state index is -0.845. The molecule has 1 aromatic rings. The van der Waals surface area contributed by atoms with Gasteiger partial charge in [0.15, 0.2) is 0 Å². The zero-order chi connectivity index (χ0) is 12.4. The second-order valence-electron chi connectivity index (χ2n) is 4.11. The molecule has 92 valence electrons. The van der Waals surface area contributed by atoms with Crippen molar-refractivity contribution in [2.24, 2.45) is 5.92 Å². The summed E-state index contributed by atoms with van der Waals surface area (Å²) in [6.45, 7) is 0.966. The van der Waals surface area contributed by atoms with E-state index in [0.717, 1.165) is 0 Å². The quantitative estimate of drug-likeness (QED) is 0.774. The van der Waals surface area contributed by atoms with Gasteiger partial charge in [-0.15, -0.1) is 0 Å². The molecule has 1 aliphatic heterocycles. The molecule has 2 amide bonds. The van der Waals surface area contributed by atoms with Crippen molar-refractivity contribution in [3.8, 4) is 0 Å². The van der Waals surface area contributed by atoms with E-state index in [1.54, 1.807) is 19.4 Å². The molecule has 1 saturated heterocycles. The third-order valence-corrected chi connectivity index (χ3v) is 2.77. The van der Waals surface area contributed by atoms with Gasteiger partial charge in [-0.25, -0.2) is 9.78 Å². The highest BCUT2D eigenvalue weighted by Gasteiger charge is 2.36. The molecule has 1 fully saturated rings. The number of carbonyl (C=O) groups is 2. The summed E-state index contributed by atoms with van der Waals surface area (Å²) in [5.74, 6) is -0.560. The van der Waals surface area contributed by atoms with Crippen LogP contribution >= 0.6 is 0 Å². The number of aromatic amines is 1. The van der Waals surface area contributed by atoms with E-state index in [1.807, 2.05) is 0 Å². The number of H-pyrrole nitrogens is 1. The lowest BCUT2D eigenvalue weighted by molar-refractivity contribution is -0.146. The predicted molar refractivity (Wildman–Crippen MR) is 58.1 cm³/mol. The number of carboxylic acids is 1. The van der Waals surface area contributed by atoms with Gasteiger partial charge in [-0.05, 0) is 0 Å². The maximum atomic E-state index is 11.8. The lowest BCUT2D eigenvalue weighted by Gasteiger charge is -2.38. The van der Waals surface area contributed by atoms with E-state index >= 15 is 0 Å². The van der Waals surface area contributed by atoms with Crippen LogP contribution < -0.4 is 0 Å². The number of amides is 2. The van der Waals surface area contributed by atoms with Crippen LogP contribution in [0.4, 0.5) is 4.79 Å². The number of rotatable bonds is 3. The molecule has 0 atom stereocenters. The van der Waals surface area contributed by atoms with Crippen LogP contribution in [0, 0.1) is 5.92 Å². The summed E-state index contributed by atoms with van der Waals surface area (Å²) < 4.78 is 0. The highest BCUT2D eigenvalue weighted by molar-refractivity contribution is 5.79. The number of urea groups is 1. The van der Waals surface area contributed by atoms with Crippen molar-refractivity contribution in [2.75, 3.05) is 20.1 Å². The molecule has 1 aliphatic rings. The third-order valence-electron chi connectivity index (χ3n) is 2.77. The third kappa shape index (κ3) is 2.38. The van der Waals surface area contributed by atoms with Gasteiger partial charge in [-0.2, -0.15) is 0 Å². The van der Waals surface area contributed by atoms with Crippen LogP contribution in [0.15, 0.2) is 12.4 Å². The van der Waals surface area contributed by atoms with Gasteiger partial charge in [-0.3, -0.25) is 4.79 Å². The van der Waals surface area contributed by atoms with Crippen LogP contribution in [-0.2, 0) is 11.3 Å². The van der Waals surface area contributed by atoms with Crippen molar-refractivity contribution in [1.29, 1.82) is 0 Å². The molecule has 2 heterocycles. The van der Waals surface area contributed by atoms with E-state index in [1.165, 1.54) is 9.80 Å². The average molecular weight is 238 g/mol. The number of hydrogen-bond donors (Lipinski definition) is 2. The maximum Gasteiger partial charge on any atom is 0.320 e. The number of nitrogens with one attached hydrogen (secondary N) is 1. The van der Waals surface area contributed by atoms with E-state index in [4.69, 9.17) is 5.11 Å². The van der Waals surface area contributed by atoms with Gasteiger partial charge in [0.1, 0.15) is 5.82 Å². The highest BCUT2D eigenvalue weighted by Crippen LogP contribution is 2.17. The molecule has 0 saturated carbocycles. The summed E-state index contributed by atoms with van der Waals surface area (Å²) in [6.07, 6.45) is 3.31. The van der Waals surface area contributed by atoms with Gasteiger partial charge in [0.25, 0.3) is 0 Å². The monoisotopic (exact) mass is 238 g/mol. The van der Waals surface area contributed by atoms with Crippen LogP contribution in [0.1, 0.15) is 5.82 Å². The number of imidazole rings is 1. The summed E-state index contributed by atoms with van der Waals surface area (Å²) in [7, 11) is 1.67. The van der Waals surface area contributed by atoms with E-state index in [0.29, 0.717) is 12.4 Å². The van der Waals surface area contributed by atoms with Crippen LogP contribution in [-0.4, -0.2) is 57.0 Å². The van der Waals surface area contributed by atoms with Crippen molar-refractivity contribution in [1.82, 2.24) is 19.8 Å². The first kappa shape index (κ1) is 11.4. The first-order chi connectivity index (χ1) is 8.08. The molecule has 1 aromatic heterocycles.